The van der Waals surface area contributed by atoms with Crippen LogP contribution in [-0.4, -0.2) is 14.8 Å². The summed E-state index contributed by atoms with van der Waals surface area (Å²) in [6.45, 7) is 0. The lowest BCUT2D eigenvalue weighted by Gasteiger charge is -2.11. The van der Waals surface area contributed by atoms with Gasteiger partial charge in [-0.25, -0.2) is 18.4 Å². The zero-order valence-electron chi connectivity index (χ0n) is 10.9. The number of nitrogens with zero attached hydrogens (tertiary/aromatic N) is 3. The molecule has 0 saturated heterocycles. The lowest BCUT2D eigenvalue weighted by molar-refractivity contribution is 0.283. The Morgan fingerprint density at radius 2 is 1.95 bits per heavy atom. The van der Waals surface area contributed by atoms with Crippen LogP contribution in [-0.2, 0) is 0 Å². The molecule has 1 saturated carbocycles. The number of halogens is 2. The minimum Gasteiger partial charge on any atom is -0.239 e. The highest BCUT2D eigenvalue weighted by Gasteiger charge is 2.40. The summed E-state index contributed by atoms with van der Waals surface area (Å²) in [6.07, 6.45) is -0.206. The summed E-state index contributed by atoms with van der Waals surface area (Å²) in [5.41, 5.74) is 0.993. The van der Waals surface area contributed by atoms with E-state index in [-0.39, 0.29) is 23.6 Å². The molecule has 0 radical (unpaired) electrons. The Morgan fingerprint density at radius 1 is 1.20 bits per heavy atom. The molecule has 1 aliphatic heterocycles. The zero-order chi connectivity index (χ0) is 13.7. The van der Waals surface area contributed by atoms with Gasteiger partial charge in [0.15, 0.2) is 24.0 Å². The number of rotatable bonds is 3. The van der Waals surface area contributed by atoms with Crippen molar-refractivity contribution in [3.05, 3.63) is 47.5 Å². The first kappa shape index (κ1) is 12.0. The molecule has 2 heterocycles. The van der Waals surface area contributed by atoms with Crippen LogP contribution in [0.4, 0.5) is 8.78 Å². The molecule has 0 unspecified atom stereocenters. The average molecular weight is 275 g/mol. The van der Waals surface area contributed by atoms with Gasteiger partial charge < -0.3 is 0 Å². The molecule has 0 spiro atoms. The van der Waals surface area contributed by atoms with Crippen LogP contribution in [0.1, 0.15) is 54.9 Å². The second kappa shape index (κ2) is 4.36. The van der Waals surface area contributed by atoms with Crippen molar-refractivity contribution in [2.45, 2.75) is 37.6 Å². The molecule has 0 bridgehead atoms. The molecular formula is C15H15F2N3. The topological polar surface area (TPSA) is 30.7 Å². The molecule has 1 aliphatic carbocycles. The Kier molecular flexibility index (Phi) is 2.62. The van der Waals surface area contributed by atoms with Crippen LogP contribution in [0, 0.1) is 5.92 Å². The fourth-order valence-electron chi connectivity index (χ4n) is 2.87. The van der Waals surface area contributed by atoms with Gasteiger partial charge in [0.25, 0.3) is 0 Å². The van der Waals surface area contributed by atoms with Gasteiger partial charge in [-0.1, -0.05) is 30.3 Å². The van der Waals surface area contributed by atoms with Crippen LogP contribution >= 0.6 is 0 Å². The lowest BCUT2D eigenvalue weighted by Crippen LogP contribution is -2.08. The molecular weight excluding hydrogens is 260 g/mol. The monoisotopic (exact) mass is 275 g/mol. The van der Waals surface area contributed by atoms with E-state index in [4.69, 9.17) is 0 Å². The molecule has 20 heavy (non-hydrogen) atoms. The molecule has 4 rings (SSSR count). The van der Waals surface area contributed by atoms with Gasteiger partial charge in [0.1, 0.15) is 0 Å². The van der Waals surface area contributed by atoms with Gasteiger partial charge in [0, 0.05) is 6.42 Å². The molecule has 0 N–H and O–H groups in total. The van der Waals surface area contributed by atoms with E-state index < -0.39 is 12.3 Å². The third-order valence-corrected chi connectivity index (χ3v) is 4.15. The highest BCUT2D eigenvalue weighted by Crippen LogP contribution is 2.45. The van der Waals surface area contributed by atoms with Crippen LogP contribution < -0.4 is 0 Å². The summed E-state index contributed by atoms with van der Waals surface area (Å²) >= 11 is 0. The van der Waals surface area contributed by atoms with E-state index >= 15 is 0 Å². The largest absolute Gasteiger partial charge is 0.239 e. The summed E-state index contributed by atoms with van der Waals surface area (Å²) < 4.78 is 29.7. The second-order valence-corrected chi connectivity index (χ2v) is 5.64. The van der Waals surface area contributed by atoms with Crippen molar-refractivity contribution in [2.24, 2.45) is 5.92 Å². The molecule has 2 aromatic rings. The Labute approximate surface area is 115 Å². The van der Waals surface area contributed by atoms with Crippen LogP contribution in [0.25, 0.3) is 0 Å². The van der Waals surface area contributed by atoms with Gasteiger partial charge in [-0.05, 0) is 24.3 Å². The fraction of sp³-hybridized carbons (Fsp3) is 0.467. The first-order valence-electron chi connectivity index (χ1n) is 7.03. The molecule has 0 amide bonds. The SMILES string of the molecule is F[C@H]1C[C@@H](c2ccccc2)n2nc([C@H](F)C3CC3)nc21. The fourth-order valence-corrected chi connectivity index (χ4v) is 2.87. The van der Waals surface area contributed by atoms with Crippen molar-refractivity contribution >= 4 is 0 Å². The highest BCUT2D eigenvalue weighted by molar-refractivity contribution is 5.23. The predicted octanol–water partition coefficient (Wildman–Crippen LogP) is 3.70. The van der Waals surface area contributed by atoms with E-state index in [1.807, 2.05) is 30.3 Å². The number of benzene rings is 1. The maximum atomic E-state index is 14.1. The van der Waals surface area contributed by atoms with Crippen molar-refractivity contribution in [3.8, 4) is 0 Å². The minimum absolute atomic E-state index is 0.0337. The Morgan fingerprint density at radius 3 is 2.65 bits per heavy atom. The standard InChI is InChI=1S/C15H15F2N3/c16-11-8-12(9-4-2-1-3-5-9)20-15(11)18-14(19-20)13(17)10-6-7-10/h1-5,10-13H,6-8H2/t11-,12-,13+/m0/s1. The smallest absolute Gasteiger partial charge is 0.185 e. The van der Waals surface area contributed by atoms with Crippen LogP contribution in [0.5, 0.6) is 0 Å². The Balaban J connectivity index is 1.71. The first-order chi connectivity index (χ1) is 9.74. The molecule has 1 aromatic carbocycles. The Hall–Kier alpha value is -1.78. The van der Waals surface area contributed by atoms with Crippen molar-refractivity contribution in [3.63, 3.8) is 0 Å². The molecule has 3 nitrogen and oxygen atoms in total. The van der Waals surface area contributed by atoms with Crippen molar-refractivity contribution in [1.82, 2.24) is 14.8 Å². The molecule has 5 heteroatoms. The van der Waals surface area contributed by atoms with E-state index in [9.17, 15) is 8.78 Å². The van der Waals surface area contributed by atoms with Crippen molar-refractivity contribution in [2.75, 3.05) is 0 Å². The summed E-state index contributed by atoms with van der Waals surface area (Å²) in [7, 11) is 0. The maximum Gasteiger partial charge on any atom is 0.185 e. The third kappa shape index (κ3) is 1.84. The number of hydrogen-bond donors (Lipinski definition) is 0. The summed E-state index contributed by atoms with van der Waals surface area (Å²) in [6, 6.07) is 9.47. The number of alkyl halides is 2. The van der Waals surface area contributed by atoms with Crippen molar-refractivity contribution in [1.29, 1.82) is 0 Å². The van der Waals surface area contributed by atoms with Crippen LogP contribution in [0.2, 0.25) is 0 Å². The third-order valence-electron chi connectivity index (χ3n) is 4.15. The van der Waals surface area contributed by atoms with Gasteiger partial charge in [0.2, 0.25) is 0 Å². The molecule has 104 valence electrons. The van der Waals surface area contributed by atoms with Gasteiger partial charge in [0.05, 0.1) is 6.04 Å². The van der Waals surface area contributed by atoms with Crippen LogP contribution in [0.15, 0.2) is 30.3 Å². The number of hydrogen-bond acceptors (Lipinski definition) is 2. The van der Waals surface area contributed by atoms with E-state index in [0.29, 0.717) is 6.42 Å². The first-order valence-corrected chi connectivity index (χ1v) is 7.03. The molecule has 1 fully saturated rings. The lowest BCUT2D eigenvalue weighted by atomic mass is 10.0. The minimum atomic E-state index is -1.16. The van der Waals surface area contributed by atoms with Gasteiger partial charge >= 0.3 is 0 Å². The van der Waals surface area contributed by atoms with Gasteiger partial charge in [-0.2, -0.15) is 5.10 Å². The number of aromatic nitrogens is 3. The van der Waals surface area contributed by atoms with E-state index in [2.05, 4.69) is 10.1 Å². The average Bonchev–Trinajstić information content (AvgIpc) is 3.15. The molecule has 2 aliphatic rings. The van der Waals surface area contributed by atoms with E-state index in [1.165, 1.54) is 0 Å². The van der Waals surface area contributed by atoms with Gasteiger partial charge in [-0.3, -0.25) is 0 Å². The summed E-state index contributed by atoms with van der Waals surface area (Å²) in [4.78, 5) is 4.11. The summed E-state index contributed by atoms with van der Waals surface area (Å²) in [5.74, 6) is 0.467. The quantitative estimate of drug-likeness (QED) is 0.855. The zero-order valence-corrected chi connectivity index (χ0v) is 10.9. The van der Waals surface area contributed by atoms with Crippen molar-refractivity contribution < 1.29 is 8.78 Å². The molecule has 1 aromatic heterocycles. The number of fused-ring (bicyclic) bond motifs is 1. The highest BCUT2D eigenvalue weighted by atomic mass is 19.1. The van der Waals surface area contributed by atoms with Gasteiger partial charge in [-0.15, -0.1) is 0 Å². The van der Waals surface area contributed by atoms with E-state index in [1.54, 1.807) is 4.68 Å². The normalized spacial score (nSPS) is 26.5. The Bertz CT molecular complexity index is 621. The molecule has 3 atom stereocenters. The van der Waals surface area contributed by atoms with Crippen LogP contribution in [0.3, 0.4) is 0 Å². The van der Waals surface area contributed by atoms with E-state index in [0.717, 1.165) is 18.4 Å². The summed E-state index contributed by atoms with van der Waals surface area (Å²) in [5, 5.41) is 4.25. The predicted molar refractivity (Wildman–Crippen MR) is 69.6 cm³/mol. The maximum absolute atomic E-state index is 14.1. The second-order valence-electron chi connectivity index (χ2n) is 5.64.